The van der Waals surface area contributed by atoms with Crippen molar-refractivity contribution in [3.05, 3.63) is 194 Å². The standard InChI is InChI=1S/C59H32N4S3/c1-2-15-35-32-48-46(31-34(35)14-1)37-17-5-8-24-47(37)63(48)53-43(29-30-51-52(53)42-28-27-33-13-3-4-16-36(33)54(42)66-51)57-60-58(44-22-11-20-40-38-18-6-9-25-49(38)64-55(40)44)62-59(61-57)45-23-12-21-41-39-19-7-10-26-50(39)65-56(41)45/h1-32H. The molecule has 15 rings (SSSR count). The Labute approximate surface area is 388 Å². The van der Waals surface area contributed by atoms with Crippen LogP contribution in [0.5, 0.6) is 0 Å². The first-order chi connectivity index (χ1) is 32.7. The summed E-state index contributed by atoms with van der Waals surface area (Å²) < 4.78 is 9.81. The van der Waals surface area contributed by atoms with Crippen LogP contribution in [0.3, 0.4) is 0 Å². The Morgan fingerprint density at radius 3 is 1.52 bits per heavy atom. The van der Waals surface area contributed by atoms with Crippen molar-refractivity contribution in [1.82, 2.24) is 19.5 Å². The number of nitrogens with zero attached hydrogens (tertiary/aromatic N) is 4. The fraction of sp³-hybridized carbons (Fsp3) is 0. The fourth-order valence-electron chi connectivity index (χ4n) is 10.5. The number of hydrogen-bond acceptors (Lipinski definition) is 6. The quantitative estimate of drug-likeness (QED) is 0.177. The Balaban J connectivity index is 1.11. The van der Waals surface area contributed by atoms with Crippen molar-refractivity contribution in [2.45, 2.75) is 0 Å². The number of benzene rings is 10. The second-order valence-electron chi connectivity index (χ2n) is 17.0. The summed E-state index contributed by atoms with van der Waals surface area (Å²) in [5, 5.41) is 14.6. The van der Waals surface area contributed by atoms with Crippen LogP contribution in [0.4, 0.5) is 0 Å². The van der Waals surface area contributed by atoms with Gasteiger partial charge in [-0.3, -0.25) is 0 Å². The molecule has 0 bridgehead atoms. The summed E-state index contributed by atoms with van der Waals surface area (Å²) in [7, 11) is 0. The Morgan fingerprint density at radius 2 is 0.833 bits per heavy atom. The molecule has 0 aliphatic carbocycles. The number of para-hydroxylation sites is 1. The first-order valence-electron chi connectivity index (χ1n) is 22.1. The van der Waals surface area contributed by atoms with Crippen molar-refractivity contribution in [2.24, 2.45) is 0 Å². The minimum Gasteiger partial charge on any atom is -0.308 e. The zero-order valence-corrected chi connectivity index (χ0v) is 37.4. The molecule has 0 spiro atoms. The fourth-order valence-corrected chi connectivity index (χ4v) is 14.1. The van der Waals surface area contributed by atoms with Crippen LogP contribution in [0.2, 0.25) is 0 Å². The summed E-state index contributed by atoms with van der Waals surface area (Å²) in [4.78, 5) is 16.7. The number of hydrogen-bond donors (Lipinski definition) is 0. The van der Waals surface area contributed by atoms with Crippen molar-refractivity contribution in [3.63, 3.8) is 0 Å². The molecule has 0 saturated heterocycles. The van der Waals surface area contributed by atoms with Crippen LogP contribution >= 0.6 is 34.0 Å². The van der Waals surface area contributed by atoms with Crippen LogP contribution in [0.1, 0.15) is 0 Å². The lowest BCUT2D eigenvalue weighted by atomic mass is 10.0. The maximum Gasteiger partial charge on any atom is 0.166 e. The highest BCUT2D eigenvalue weighted by Gasteiger charge is 2.26. The average Bonchev–Trinajstić information content (AvgIpc) is 4.14. The van der Waals surface area contributed by atoms with Crippen LogP contribution in [0.25, 0.3) is 144 Å². The van der Waals surface area contributed by atoms with Crippen molar-refractivity contribution in [3.8, 4) is 39.9 Å². The molecule has 0 atom stereocenters. The SMILES string of the molecule is c1ccc2cc3c(cc2c1)c1ccccc1n3-c1c(-c2nc(-c3cccc4c3sc3ccccc34)nc(-c3cccc4c3sc3ccccc34)n2)ccc2sc3c4ccccc4ccc3c12. The molecule has 0 saturated carbocycles. The van der Waals surface area contributed by atoms with Crippen LogP contribution in [0, 0.1) is 0 Å². The van der Waals surface area contributed by atoms with Gasteiger partial charge in [-0.15, -0.1) is 34.0 Å². The molecule has 5 aromatic heterocycles. The Morgan fingerprint density at radius 1 is 0.303 bits per heavy atom. The van der Waals surface area contributed by atoms with E-state index in [9.17, 15) is 0 Å². The average molecular weight is 893 g/mol. The summed E-state index contributed by atoms with van der Waals surface area (Å²) in [5.41, 5.74) is 6.29. The second kappa shape index (κ2) is 13.8. The molecule has 0 fully saturated rings. The first kappa shape index (κ1) is 36.5. The third kappa shape index (κ3) is 5.21. The van der Waals surface area contributed by atoms with Gasteiger partial charge in [-0.05, 0) is 76.1 Å². The molecule has 5 heterocycles. The van der Waals surface area contributed by atoms with Gasteiger partial charge in [-0.2, -0.15) is 0 Å². The van der Waals surface area contributed by atoms with Crippen LogP contribution in [-0.2, 0) is 0 Å². The van der Waals surface area contributed by atoms with Gasteiger partial charge in [0, 0.05) is 88.0 Å². The summed E-state index contributed by atoms with van der Waals surface area (Å²) in [6, 6.07) is 70.6. The normalized spacial score (nSPS) is 12.2. The van der Waals surface area contributed by atoms with E-state index in [4.69, 9.17) is 15.0 Å². The molecule has 0 unspecified atom stereocenters. The topological polar surface area (TPSA) is 43.6 Å². The third-order valence-electron chi connectivity index (χ3n) is 13.4. The molecule has 0 radical (unpaired) electrons. The number of thiophene rings is 3. The van der Waals surface area contributed by atoms with Crippen molar-refractivity contribution < 1.29 is 0 Å². The van der Waals surface area contributed by atoms with E-state index in [0.29, 0.717) is 17.5 Å². The molecule has 7 heteroatoms. The lowest BCUT2D eigenvalue weighted by Crippen LogP contribution is -2.04. The molecule has 0 amide bonds. The van der Waals surface area contributed by atoms with Crippen LogP contribution < -0.4 is 0 Å². The van der Waals surface area contributed by atoms with E-state index in [1.54, 1.807) is 22.7 Å². The highest BCUT2D eigenvalue weighted by atomic mass is 32.1. The van der Waals surface area contributed by atoms with Crippen LogP contribution in [-0.4, -0.2) is 19.5 Å². The minimum absolute atomic E-state index is 0.634. The summed E-state index contributed by atoms with van der Waals surface area (Å²) in [6.07, 6.45) is 0. The van der Waals surface area contributed by atoms with Crippen molar-refractivity contribution >= 4 is 138 Å². The summed E-state index contributed by atoms with van der Waals surface area (Å²) in [6.45, 7) is 0. The van der Waals surface area contributed by atoms with Gasteiger partial charge in [0.15, 0.2) is 17.5 Å². The molecular weight excluding hydrogens is 861 g/mol. The Kier molecular flexibility index (Phi) is 7.66. The van der Waals surface area contributed by atoms with Crippen molar-refractivity contribution in [1.29, 1.82) is 0 Å². The van der Waals surface area contributed by atoms with E-state index in [0.717, 1.165) is 33.4 Å². The lowest BCUT2D eigenvalue weighted by Gasteiger charge is -2.17. The summed E-state index contributed by atoms with van der Waals surface area (Å²) >= 11 is 5.46. The first-order valence-corrected chi connectivity index (χ1v) is 24.5. The molecule has 306 valence electrons. The van der Waals surface area contributed by atoms with E-state index in [2.05, 4.69) is 199 Å². The van der Waals surface area contributed by atoms with E-state index in [1.165, 1.54) is 92.8 Å². The zero-order chi connectivity index (χ0) is 43.0. The number of fused-ring (bicyclic) bond motifs is 15. The van der Waals surface area contributed by atoms with E-state index < -0.39 is 0 Å². The lowest BCUT2D eigenvalue weighted by molar-refractivity contribution is 1.07. The molecule has 0 aliphatic heterocycles. The number of rotatable bonds is 4. The molecule has 4 nitrogen and oxygen atoms in total. The van der Waals surface area contributed by atoms with Gasteiger partial charge in [0.1, 0.15) is 0 Å². The zero-order valence-electron chi connectivity index (χ0n) is 35.0. The van der Waals surface area contributed by atoms with Gasteiger partial charge in [0.05, 0.1) is 16.7 Å². The molecular formula is C59H32N4S3. The second-order valence-corrected chi connectivity index (χ2v) is 20.2. The van der Waals surface area contributed by atoms with Crippen LogP contribution in [0.15, 0.2) is 194 Å². The predicted molar refractivity (Wildman–Crippen MR) is 284 cm³/mol. The Bertz CT molecular complexity index is 4420. The maximum absolute atomic E-state index is 5.62. The molecule has 0 aliphatic rings. The number of aromatic nitrogens is 4. The van der Waals surface area contributed by atoms with Gasteiger partial charge < -0.3 is 4.57 Å². The van der Waals surface area contributed by atoms with E-state index >= 15 is 0 Å². The third-order valence-corrected chi connectivity index (χ3v) is 17.1. The smallest absolute Gasteiger partial charge is 0.166 e. The van der Waals surface area contributed by atoms with Gasteiger partial charge in [0.25, 0.3) is 0 Å². The minimum atomic E-state index is 0.634. The monoisotopic (exact) mass is 892 g/mol. The van der Waals surface area contributed by atoms with E-state index in [1.807, 2.05) is 11.3 Å². The molecule has 10 aromatic carbocycles. The van der Waals surface area contributed by atoms with Gasteiger partial charge >= 0.3 is 0 Å². The van der Waals surface area contributed by atoms with Gasteiger partial charge in [0.2, 0.25) is 0 Å². The Hall–Kier alpha value is -7.81. The predicted octanol–water partition coefficient (Wildman–Crippen LogP) is 17.4. The maximum atomic E-state index is 5.62. The van der Waals surface area contributed by atoms with Crippen molar-refractivity contribution in [2.75, 3.05) is 0 Å². The van der Waals surface area contributed by atoms with Gasteiger partial charge in [-0.1, -0.05) is 140 Å². The van der Waals surface area contributed by atoms with Gasteiger partial charge in [-0.25, -0.2) is 15.0 Å². The molecule has 66 heavy (non-hydrogen) atoms. The van der Waals surface area contributed by atoms with E-state index in [-0.39, 0.29) is 0 Å². The molecule has 0 N–H and O–H groups in total. The highest BCUT2D eigenvalue weighted by molar-refractivity contribution is 7.27. The largest absolute Gasteiger partial charge is 0.308 e. The summed E-state index contributed by atoms with van der Waals surface area (Å²) in [5.74, 6) is 1.95. The molecule has 15 aromatic rings. The highest BCUT2D eigenvalue weighted by Crippen LogP contribution is 2.48.